The molecule has 11 nitrogen and oxygen atoms in total. The summed E-state index contributed by atoms with van der Waals surface area (Å²) in [6.07, 6.45) is 3.61. The molecule has 0 saturated carbocycles. The van der Waals surface area contributed by atoms with E-state index in [1.165, 1.54) is 0 Å². The Morgan fingerprint density at radius 3 is 2.73 bits per heavy atom. The summed E-state index contributed by atoms with van der Waals surface area (Å²) in [5.74, 6) is 2.57. The molecule has 2 atom stereocenters. The highest BCUT2D eigenvalue weighted by molar-refractivity contribution is 5.83. The highest BCUT2D eigenvalue weighted by atomic mass is 16.7. The number of hydrogen-bond donors (Lipinski definition) is 1. The summed E-state index contributed by atoms with van der Waals surface area (Å²) < 4.78 is 24.6. The van der Waals surface area contributed by atoms with Crippen LogP contribution in [-0.4, -0.2) is 49.6 Å². The van der Waals surface area contributed by atoms with Gasteiger partial charge in [0.15, 0.2) is 17.3 Å². The number of nitrogens with zero attached hydrogens (tertiary/aromatic N) is 5. The molecule has 204 valence electrons. The summed E-state index contributed by atoms with van der Waals surface area (Å²) in [7, 11) is 0. The predicted molar refractivity (Wildman–Crippen MR) is 144 cm³/mol. The standard InChI is InChI=1S/C29H28N6O5/c36-29-23(12-20-13-25-26(40-18-39-25)14-24(20)30-29)27(28-31-32-33-35(28)17-22-9-5-11-38-22)34(16-21-8-4-10-37-21)15-19-6-2-1-3-7-19/h1-4,6-8,10,12-14,22,27H,5,9,11,15-18H2,(H,30,36). The maximum absolute atomic E-state index is 13.8. The Bertz CT molecular complexity index is 1660. The zero-order chi connectivity index (χ0) is 26.9. The third-order valence-corrected chi connectivity index (χ3v) is 7.40. The van der Waals surface area contributed by atoms with Gasteiger partial charge in [-0.2, -0.15) is 0 Å². The van der Waals surface area contributed by atoms with Gasteiger partial charge in [0, 0.05) is 30.2 Å². The number of tetrazole rings is 1. The van der Waals surface area contributed by atoms with Crippen LogP contribution in [0.3, 0.4) is 0 Å². The number of H-pyrrole nitrogens is 1. The molecule has 5 heterocycles. The van der Waals surface area contributed by atoms with E-state index in [2.05, 4.69) is 37.5 Å². The highest BCUT2D eigenvalue weighted by Crippen LogP contribution is 2.37. The third-order valence-electron chi connectivity index (χ3n) is 7.40. The van der Waals surface area contributed by atoms with Crippen LogP contribution in [0.15, 0.2) is 76.1 Å². The van der Waals surface area contributed by atoms with Crippen LogP contribution in [-0.2, 0) is 24.4 Å². The Hall–Kier alpha value is -4.48. The predicted octanol–water partition coefficient (Wildman–Crippen LogP) is 3.81. The number of aromatic nitrogens is 5. The highest BCUT2D eigenvalue weighted by Gasteiger charge is 2.33. The van der Waals surface area contributed by atoms with Crippen LogP contribution in [0.1, 0.15) is 41.6 Å². The van der Waals surface area contributed by atoms with Crippen molar-refractivity contribution in [1.29, 1.82) is 0 Å². The van der Waals surface area contributed by atoms with Gasteiger partial charge in [-0.1, -0.05) is 30.3 Å². The second kappa shape index (κ2) is 10.6. The minimum Gasteiger partial charge on any atom is -0.468 e. The van der Waals surface area contributed by atoms with Gasteiger partial charge in [0.1, 0.15) is 11.8 Å². The van der Waals surface area contributed by atoms with Gasteiger partial charge in [-0.05, 0) is 53.1 Å². The van der Waals surface area contributed by atoms with Crippen molar-refractivity contribution in [1.82, 2.24) is 30.1 Å². The maximum atomic E-state index is 13.8. The lowest BCUT2D eigenvalue weighted by Crippen LogP contribution is -2.35. The second-order valence-electron chi connectivity index (χ2n) is 10.1. The number of pyridine rings is 1. The Morgan fingerprint density at radius 1 is 1.05 bits per heavy atom. The maximum Gasteiger partial charge on any atom is 0.253 e. The average Bonchev–Trinajstić information content (AvgIpc) is 3.78. The van der Waals surface area contributed by atoms with Crippen molar-refractivity contribution in [3.63, 3.8) is 0 Å². The molecule has 2 aliphatic rings. The number of fused-ring (bicyclic) bond motifs is 2. The first-order valence-electron chi connectivity index (χ1n) is 13.4. The molecular weight excluding hydrogens is 512 g/mol. The van der Waals surface area contributed by atoms with Crippen LogP contribution in [0.5, 0.6) is 11.5 Å². The van der Waals surface area contributed by atoms with Gasteiger partial charge in [0.05, 0.1) is 31.0 Å². The quantitative estimate of drug-likeness (QED) is 0.298. The summed E-state index contributed by atoms with van der Waals surface area (Å²) >= 11 is 0. The van der Waals surface area contributed by atoms with Gasteiger partial charge < -0.3 is 23.6 Å². The molecule has 7 rings (SSSR count). The number of ether oxygens (including phenoxy) is 3. The smallest absolute Gasteiger partial charge is 0.253 e. The lowest BCUT2D eigenvalue weighted by molar-refractivity contribution is 0.0901. The van der Waals surface area contributed by atoms with Gasteiger partial charge in [-0.15, -0.1) is 5.10 Å². The zero-order valence-corrected chi connectivity index (χ0v) is 21.7. The van der Waals surface area contributed by atoms with Crippen LogP contribution in [0.2, 0.25) is 0 Å². The van der Waals surface area contributed by atoms with E-state index in [9.17, 15) is 4.79 Å². The first kappa shape index (κ1) is 24.6. The van der Waals surface area contributed by atoms with Gasteiger partial charge >= 0.3 is 0 Å². The van der Waals surface area contributed by atoms with Crippen molar-refractivity contribution in [2.45, 2.75) is 44.6 Å². The molecule has 0 aliphatic carbocycles. The number of nitrogens with one attached hydrogen (secondary N) is 1. The molecule has 11 heteroatoms. The molecule has 2 aliphatic heterocycles. The van der Waals surface area contributed by atoms with Crippen molar-refractivity contribution in [2.75, 3.05) is 13.4 Å². The third kappa shape index (κ3) is 4.85. The lowest BCUT2D eigenvalue weighted by Gasteiger charge is -2.30. The molecule has 0 radical (unpaired) electrons. The van der Waals surface area contributed by atoms with Gasteiger partial charge in [0.25, 0.3) is 5.56 Å². The van der Waals surface area contributed by atoms with Crippen molar-refractivity contribution in [3.05, 3.63) is 100.0 Å². The Kier molecular flexibility index (Phi) is 6.50. The van der Waals surface area contributed by atoms with Crippen molar-refractivity contribution < 1.29 is 18.6 Å². The van der Waals surface area contributed by atoms with Crippen molar-refractivity contribution >= 4 is 10.9 Å². The van der Waals surface area contributed by atoms with Gasteiger partial charge in [0.2, 0.25) is 6.79 Å². The van der Waals surface area contributed by atoms with Crippen LogP contribution >= 0.6 is 0 Å². The molecule has 0 amide bonds. The van der Waals surface area contributed by atoms with Gasteiger partial charge in [-0.3, -0.25) is 9.69 Å². The van der Waals surface area contributed by atoms with Gasteiger partial charge in [-0.25, -0.2) is 4.68 Å². The molecule has 0 bridgehead atoms. The minimum atomic E-state index is -0.597. The van der Waals surface area contributed by atoms with E-state index >= 15 is 0 Å². The Labute approximate surface area is 229 Å². The van der Waals surface area contributed by atoms with Crippen LogP contribution in [0.25, 0.3) is 10.9 Å². The number of hydrogen-bond acceptors (Lipinski definition) is 9. The number of furan rings is 1. The second-order valence-corrected chi connectivity index (χ2v) is 10.1. The van der Waals surface area contributed by atoms with E-state index in [-0.39, 0.29) is 18.5 Å². The topological polar surface area (TPSA) is 121 Å². The zero-order valence-electron chi connectivity index (χ0n) is 21.7. The van der Waals surface area contributed by atoms with Crippen LogP contribution in [0, 0.1) is 0 Å². The van der Waals surface area contributed by atoms with Crippen LogP contribution in [0.4, 0.5) is 0 Å². The van der Waals surface area contributed by atoms with E-state index in [0.717, 1.165) is 36.2 Å². The average molecular weight is 541 g/mol. The van der Waals surface area contributed by atoms with E-state index in [4.69, 9.17) is 18.6 Å². The molecular formula is C29H28N6O5. The van der Waals surface area contributed by atoms with Crippen LogP contribution < -0.4 is 15.0 Å². The van der Waals surface area contributed by atoms with Crippen molar-refractivity contribution in [3.8, 4) is 11.5 Å². The fourth-order valence-electron chi connectivity index (χ4n) is 5.49. The fraction of sp³-hybridized carbons (Fsp3) is 0.310. The van der Waals surface area contributed by atoms with E-state index in [1.54, 1.807) is 17.0 Å². The molecule has 1 fully saturated rings. The molecule has 5 aromatic rings. The van der Waals surface area contributed by atoms with Crippen molar-refractivity contribution in [2.24, 2.45) is 0 Å². The Balaban J connectivity index is 1.38. The number of rotatable bonds is 9. The molecule has 0 spiro atoms. The largest absolute Gasteiger partial charge is 0.468 e. The summed E-state index contributed by atoms with van der Waals surface area (Å²) in [6.45, 7) is 2.33. The monoisotopic (exact) mass is 540 g/mol. The molecule has 40 heavy (non-hydrogen) atoms. The first-order chi connectivity index (χ1) is 19.7. The molecule has 1 N–H and O–H groups in total. The summed E-state index contributed by atoms with van der Waals surface area (Å²) in [5, 5.41) is 13.7. The van der Waals surface area contributed by atoms with E-state index < -0.39 is 6.04 Å². The first-order valence-corrected chi connectivity index (χ1v) is 13.4. The summed E-state index contributed by atoms with van der Waals surface area (Å²) in [6, 6.07) is 18.9. The fourth-order valence-corrected chi connectivity index (χ4v) is 5.49. The summed E-state index contributed by atoms with van der Waals surface area (Å²) in [4.78, 5) is 19.0. The molecule has 1 saturated heterocycles. The minimum absolute atomic E-state index is 0.0187. The molecule has 2 unspecified atom stereocenters. The lowest BCUT2D eigenvalue weighted by atomic mass is 10.0. The summed E-state index contributed by atoms with van der Waals surface area (Å²) in [5.41, 5.74) is 2.02. The normalized spacial score (nSPS) is 17.2. The number of aromatic amines is 1. The van der Waals surface area contributed by atoms with E-state index in [0.29, 0.717) is 48.0 Å². The SMILES string of the molecule is O=c1[nH]c2cc3c(cc2cc1C(c1nnnn1CC1CCCO1)N(Cc1ccccc1)Cc1ccco1)OCO3. The Morgan fingerprint density at radius 2 is 1.93 bits per heavy atom. The molecule has 2 aromatic carbocycles. The number of benzene rings is 2. The van der Waals surface area contributed by atoms with E-state index in [1.807, 2.05) is 42.5 Å². The molecule has 3 aromatic heterocycles.